The normalized spacial score (nSPS) is 32.9. The van der Waals surface area contributed by atoms with E-state index in [0.29, 0.717) is 18.9 Å². The van der Waals surface area contributed by atoms with Crippen molar-refractivity contribution in [2.75, 3.05) is 6.54 Å². The molecule has 0 aromatic carbocycles. The summed E-state index contributed by atoms with van der Waals surface area (Å²) in [6.45, 7) is 6.07. The third-order valence-electron chi connectivity index (χ3n) is 3.90. The number of nitrogens with one attached hydrogen (secondary N) is 1. The molecule has 0 spiro atoms. The van der Waals surface area contributed by atoms with Crippen molar-refractivity contribution in [1.82, 2.24) is 5.32 Å². The summed E-state index contributed by atoms with van der Waals surface area (Å²) >= 11 is 0. The van der Waals surface area contributed by atoms with E-state index in [0.717, 1.165) is 19.3 Å². The number of carbonyl (C=O) groups excluding carboxylic acids is 1. The maximum atomic E-state index is 11.8. The minimum Gasteiger partial charge on any atom is -0.388 e. The van der Waals surface area contributed by atoms with Gasteiger partial charge in [0.15, 0.2) is 0 Å². The van der Waals surface area contributed by atoms with Crippen LogP contribution in [0.3, 0.4) is 0 Å². The molecule has 17 heavy (non-hydrogen) atoms. The summed E-state index contributed by atoms with van der Waals surface area (Å²) in [5, 5.41) is 13.2. The molecule has 1 fully saturated rings. The third kappa shape index (κ3) is 3.96. The van der Waals surface area contributed by atoms with Crippen LogP contribution in [0.1, 0.15) is 52.9 Å². The fraction of sp³-hybridized carbons (Fsp3) is 0.923. The van der Waals surface area contributed by atoms with Crippen LogP contribution < -0.4 is 11.1 Å². The van der Waals surface area contributed by atoms with E-state index in [9.17, 15) is 9.90 Å². The summed E-state index contributed by atoms with van der Waals surface area (Å²) in [6, 6.07) is 0. The molecule has 1 amide bonds. The van der Waals surface area contributed by atoms with E-state index in [2.05, 4.69) is 12.2 Å². The Bertz CT molecular complexity index is 279. The van der Waals surface area contributed by atoms with Crippen molar-refractivity contribution in [1.29, 1.82) is 0 Å². The Balaban J connectivity index is 2.47. The van der Waals surface area contributed by atoms with Crippen LogP contribution >= 0.6 is 0 Å². The number of aliphatic hydroxyl groups is 1. The van der Waals surface area contributed by atoms with Gasteiger partial charge in [0.25, 0.3) is 0 Å². The first-order valence-electron chi connectivity index (χ1n) is 6.59. The van der Waals surface area contributed by atoms with Crippen molar-refractivity contribution < 1.29 is 9.90 Å². The van der Waals surface area contributed by atoms with Crippen LogP contribution in [0.15, 0.2) is 0 Å². The Morgan fingerprint density at radius 1 is 1.65 bits per heavy atom. The molecular weight excluding hydrogens is 216 g/mol. The molecule has 1 aliphatic rings. The second kappa shape index (κ2) is 5.36. The Hall–Kier alpha value is -0.610. The molecule has 1 rings (SSSR count). The smallest absolute Gasteiger partial charge is 0.239 e. The van der Waals surface area contributed by atoms with Crippen LogP contribution in [0, 0.1) is 5.92 Å². The van der Waals surface area contributed by atoms with Gasteiger partial charge in [-0.05, 0) is 32.1 Å². The van der Waals surface area contributed by atoms with Gasteiger partial charge < -0.3 is 16.2 Å². The van der Waals surface area contributed by atoms with Crippen molar-refractivity contribution in [3.63, 3.8) is 0 Å². The van der Waals surface area contributed by atoms with Crippen LogP contribution in [0.25, 0.3) is 0 Å². The van der Waals surface area contributed by atoms with Gasteiger partial charge in [-0.15, -0.1) is 0 Å². The Morgan fingerprint density at radius 3 is 2.82 bits per heavy atom. The van der Waals surface area contributed by atoms with Crippen molar-refractivity contribution in [2.45, 2.75) is 64.0 Å². The van der Waals surface area contributed by atoms with Gasteiger partial charge >= 0.3 is 0 Å². The predicted octanol–water partition coefficient (Wildman–Crippen LogP) is 1.17. The van der Waals surface area contributed by atoms with Gasteiger partial charge in [-0.25, -0.2) is 0 Å². The molecule has 0 radical (unpaired) electrons. The quantitative estimate of drug-likeness (QED) is 0.692. The molecule has 0 bridgehead atoms. The average Bonchev–Trinajstić information content (AvgIpc) is 2.25. The van der Waals surface area contributed by atoms with Crippen LogP contribution in [0.4, 0.5) is 0 Å². The van der Waals surface area contributed by atoms with E-state index in [1.54, 1.807) is 6.92 Å². The molecular formula is C13H26N2O2. The molecule has 0 aromatic heterocycles. The minimum atomic E-state index is -0.837. The van der Waals surface area contributed by atoms with E-state index >= 15 is 0 Å². The van der Waals surface area contributed by atoms with E-state index < -0.39 is 11.1 Å². The molecule has 0 aliphatic heterocycles. The highest BCUT2D eigenvalue weighted by Gasteiger charge is 2.34. The number of amides is 1. The number of rotatable bonds is 4. The van der Waals surface area contributed by atoms with Gasteiger partial charge in [0, 0.05) is 6.54 Å². The molecule has 3 unspecified atom stereocenters. The number of nitrogens with two attached hydrogens (primary N) is 1. The zero-order valence-electron chi connectivity index (χ0n) is 11.3. The lowest BCUT2D eigenvalue weighted by atomic mass is 9.79. The molecule has 3 atom stereocenters. The van der Waals surface area contributed by atoms with E-state index in [1.807, 2.05) is 6.92 Å². The number of hydrogen-bond donors (Lipinski definition) is 3. The molecule has 4 N–H and O–H groups in total. The molecule has 1 aliphatic carbocycles. The molecule has 4 heteroatoms. The predicted molar refractivity (Wildman–Crippen MR) is 68.5 cm³/mol. The standard InChI is InChI=1S/C13H26N2O2/c1-4-12(3,14)11(16)15-9-13(17)7-5-6-10(2)8-13/h10,17H,4-9,14H2,1-3H3,(H,15,16). The van der Waals surface area contributed by atoms with Crippen LogP contribution in [0.2, 0.25) is 0 Å². The largest absolute Gasteiger partial charge is 0.388 e. The van der Waals surface area contributed by atoms with Gasteiger partial charge in [0.2, 0.25) is 5.91 Å². The van der Waals surface area contributed by atoms with Gasteiger partial charge in [-0.1, -0.05) is 26.7 Å². The van der Waals surface area contributed by atoms with E-state index in [-0.39, 0.29) is 5.91 Å². The topological polar surface area (TPSA) is 75.4 Å². The first-order chi connectivity index (χ1) is 7.79. The molecule has 0 saturated heterocycles. The first-order valence-corrected chi connectivity index (χ1v) is 6.59. The Labute approximate surface area is 104 Å². The second-order valence-electron chi connectivity index (χ2n) is 5.88. The first kappa shape index (κ1) is 14.5. The van der Waals surface area contributed by atoms with Gasteiger partial charge in [-0.2, -0.15) is 0 Å². The monoisotopic (exact) mass is 242 g/mol. The summed E-state index contributed by atoms with van der Waals surface area (Å²) in [5.74, 6) is 0.354. The fourth-order valence-electron chi connectivity index (χ4n) is 2.40. The highest BCUT2D eigenvalue weighted by Crippen LogP contribution is 2.31. The number of carbonyl (C=O) groups is 1. The third-order valence-corrected chi connectivity index (χ3v) is 3.90. The van der Waals surface area contributed by atoms with Crippen LogP contribution in [-0.2, 0) is 4.79 Å². The summed E-state index contributed by atoms with van der Waals surface area (Å²) in [4.78, 5) is 11.8. The lowest BCUT2D eigenvalue weighted by molar-refractivity contribution is -0.127. The van der Waals surface area contributed by atoms with Gasteiger partial charge in [0.1, 0.15) is 0 Å². The zero-order chi connectivity index (χ0) is 13.1. The Morgan fingerprint density at radius 2 is 2.29 bits per heavy atom. The summed E-state index contributed by atoms with van der Waals surface area (Å²) in [6.07, 6.45) is 4.32. The van der Waals surface area contributed by atoms with Crippen molar-refractivity contribution >= 4 is 5.91 Å². The zero-order valence-corrected chi connectivity index (χ0v) is 11.3. The SMILES string of the molecule is CCC(C)(N)C(=O)NCC1(O)CCCC(C)C1. The van der Waals surface area contributed by atoms with Gasteiger partial charge in [0.05, 0.1) is 11.1 Å². The van der Waals surface area contributed by atoms with Gasteiger partial charge in [-0.3, -0.25) is 4.79 Å². The van der Waals surface area contributed by atoms with Crippen LogP contribution in [-0.4, -0.2) is 28.7 Å². The van der Waals surface area contributed by atoms with Crippen LogP contribution in [0.5, 0.6) is 0 Å². The lowest BCUT2D eigenvalue weighted by Gasteiger charge is -2.36. The highest BCUT2D eigenvalue weighted by molar-refractivity contribution is 5.85. The van der Waals surface area contributed by atoms with Crippen molar-refractivity contribution in [3.05, 3.63) is 0 Å². The summed E-state index contributed by atoms with van der Waals surface area (Å²) in [7, 11) is 0. The van der Waals surface area contributed by atoms with E-state index in [1.165, 1.54) is 6.42 Å². The summed E-state index contributed by atoms with van der Waals surface area (Å²) in [5.41, 5.74) is 4.28. The molecule has 1 saturated carbocycles. The lowest BCUT2D eigenvalue weighted by Crippen LogP contribution is -2.55. The second-order valence-corrected chi connectivity index (χ2v) is 5.88. The van der Waals surface area contributed by atoms with E-state index in [4.69, 9.17) is 5.73 Å². The Kier molecular flexibility index (Phi) is 4.55. The van der Waals surface area contributed by atoms with Crippen molar-refractivity contribution in [2.24, 2.45) is 11.7 Å². The fourth-order valence-corrected chi connectivity index (χ4v) is 2.40. The minimum absolute atomic E-state index is 0.174. The van der Waals surface area contributed by atoms with Crippen molar-refractivity contribution in [3.8, 4) is 0 Å². The summed E-state index contributed by atoms with van der Waals surface area (Å²) < 4.78 is 0. The highest BCUT2D eigenvalue weighted by atomic mass is 16.3. The maximum Gasteiger partial charge on any atom is 0.239 e. The average molecular weight is 242 g/mol. The number of hydrogen-bond acceptors (Lipinski definition) is 3. The molecule has 4 nitrogen and oxygen atoms in total. The molecule has 100 valence electrons. The molecule has 0 heterocycles. The molecule has 0 aromatic rings. The maximum absolute atomic E-state index is 11.8.